The summed E-state index contributed by atoms with van der Waals surface area (Å²) in [6.07, 6.45) is 5.73. The van der Waals surface area contributed by atoms with Crippen LogP contribution in [0.1, 0.15) is 36.8 Å². The Kier molecular flexibility index (Phi) is 6.86. The van der Waals surface area contributed by atoms with Crippen molar-refractivity contribution in [1.29, 1.82) is 0 Å². The third-order valence-corrected chi connectivity index (χ3v) is 6.51. The number of rotatable bonds is 4. The van der Waals surface area contributed by atoms with Crippen molar-refractivity contribution in [1.82, 2.24) is 9.80 Å². The van der Waals surface area contributed by atoms with Crippen LogP contribution >= 0.6 is 0 Å². The molecule has 2 amide bonds. The molecular formula is C25H29F2N3O2. The van der Waals surface area contributed by atoms with Gasteiger partial charge in [-0.05, 0) is 49.6 Å². The molecule has 2 aliphatic heterocycles. The first-order valence-electron chi connectivity index (χ1n) is 11.1. The van der Waals surface area contributed by atoms with Gasteiger partial charge in [-0.25, -0.2) is 13.6 Å². The van der Waals surface area contributed by atoms with Gasteiger partial charge in [0.25, 0.3) is 0 Å². The molecule has 2 aromatic rings. The fourth-order valence-electron chi connectivity index (χ4n) is 4.93. The Bertz CT molecular complexity index is 980. The van der Waals surface area contributed by atoms with E-state index in [2.05, 4.69) is 34.5 Å². The van der Waals surface area contributed by atoms with E-state index in [1.807, 2.05) is 19.1 Å². The van der Waals surface area contributed by atoms with E-state index in [-0.39, 0.29) is 30.3 Å². The number of nitrogens with one attached hydrogen (secondary N) is 1. The molecule has 5 nitrogen and oxygen atoms in total. The summed E-state index contributed by atoms with van der Waals surface area (Å²) in [5.74, 6) is -1.18. The highest BCUT2D eigenvalue weighted by atomic mass is 19.1. The lowest BCUT2D eigenvalue weighted by Crippen LogP contribution is -2.68. The normalized spacial score (nSPS) is 23.9. The molecule has 0 saturated carbocycles. The van der Waals surface area contributed by atoms with E-state index in [9.17, 15) is 18.7 Å². The van der Waals surface area contributed by atoms with Crippen LogP contribution in [0.3, 0.4) is 0 Å². The van der Waals surface area contributed by atoms with Crippen molar-refractivity contribution in [2.75, 3.05) is 31.6 Å². The van der Waals surface area contributed by atoms with Gasteiger partial charge in [0.15, 0.2) is 0 Å². The average Bonchev–Trinajstić information content (AvgIpc) is 2.76. The number of benzene rings is 2. The summed E-state index contributed by atoms with van der Waals surface area (Å²) in [5, 5.41) is 12.6. The molecule has 0 spiro atoms. The standard InChI is InChI=1S/C25H29F2N3O2/c1-2-5-17-6-8-18(9-7-17)24-22-15-29(12-3-4-13-30(22)23(24)16-31)25(32)28-21-14-19(26)10-11-20(21)27/h2,5-11,14,22-24,31H,3-4,12-13,15-16H2,1H3,(H,28,32)/b5-2+/t22-,23-,24-/m1/s1. The summed E-state index contributed by atoms with van der Waals surface area (Å²) in [5.41, 5.74) is 2.09. The Morgan fingerprint density at radius 2 is 1.91 bits per heavy atom. The van der Waals surface area contributed by atoms with Crippen molar-refractivity contribution >= 4 is 17.8 Å². The van der Waals surface area contributed by atoms with Crippen molar-refractivity contribution in [3.63, 3.8) is 0 Å². The summed E-state index contributed by atoms with van der Waals surface area (Å²) >= 11 is 0. The highest BCUT2D eigenvalue weighted by Crippen LogP contribution is 2.42. The van der Waals surface area contributed by atoms with Gasteiger partial charge in [-0.15, -0.1) is 0 Å². The molecule has 0 aliphatic carbocycles. The van der Waals surface area contributed by atoms with Crippen LogP contribution in [-0.2, 0) is 0 Å². The van der Waals surface area contributed by atoms with Crippen molar-refractivity contribution in [2.45, 2.75) is 37.8 Å². The largest absolute Gasteiger partial charge is 0.395 e. The van der Waals surface area contributed by atoms with Crippen molar-refractivity contribution in [3.8, 4) is 0 Å². The van der Waals surface area contributed by atoms with Crippen molar-refractivity contribution in [2.24, 2.45) is 0 Å². The number of hydrogen-bond acceptors (Lipinski definition) is 3. The molecule has 0 radical (unpaired) electrons. The maximum atomic E-state index is 14.0. The van der Waals surface area contributed by atoms with Gasteiger partial charge in [0.2, 0.25) is 0 Å². The first-order chi connectivity index (χ1) is 15.5. The number of aliphatic hydroxyl groups is 1. The van der Waals surface area contributed by atoms with E-state index in [1.165, 1.54) is 0 Å². The van der Waals surface area contributed by atoms with Crippen LogP contribution in [0.5, 0.6) is 0 Å². The van der Waals surface area contributed by atoms with Gasteiger partial charge in [-0.1, -0.05) is 36.4 Å². The summed E-state index contributed by atoms with van der Waals surface area (Å²) in [4.78, 5) is 16.9. The number of halogens is 2. The van der Waals surface area contributed by atoms with Gasteiger partial charge >= 0.3 is 6.03 Å². The highest BCUT2D eigenvalue weighted by molar-refractivity contribution is 5.89. The number of carbonyl (C=O) groups is 1. The Labute approximate surface area is 187 Å². The Balaban J connectivity index is 1.53. The summed E-state index contributed by atoms with van der Waals surface area (Å²) < 4.78 is 27.5. The van der Waals surface area contributed by atoms with Crippen LogP contribution in [0.2, 0.25) is 0 Å². The van der Waals surface area contributed by atoms with Gasteiger partial charge in [0, 0.05) is 37.2 Å². The van der Waals surface area contributed by atoms with Crippen molar-refractivity contribution in [3.05, 3.63) is 71.3 Å². The van der Waals surface area contributed by atoms with E-state index < -0.39 is 17.7 Å². The topological polar surface area (TPSA) is 55.8 Å². The number of amides is 2. The molecular weight excluding hydrogens is 412 g/mol. The summed E-state index contributed by atoms with van der Waals surface area (Å²) in [6.45, 7) is 3.91. The molecule has 2 saturated heterocycles. The number of carbonyl (C=O) groups excluding carboxylic acids is 1. The summed E-state index contributed by atoms with van der Waals surface area (Å²) in [6, 6.07) is 10.9. The van der Waals surface area contributed by atoms with E-state index in [4.69, 9.17) is 0 Å². The Morgan fingerprint density at radius 1 is 1.16 bits per heavy atom. The highest BCUT2D eigenvalue weighted by Gasteiger charge is 2.49. The number of fused-ring (bicyclic) bond motifs is 1. The molecule has 2 heterocycles. The van der Waals surface area contributed by atoms with Crippen LogP contribution in [-0.4, -0.2) is 59.3 Å². The van der Waals surface area contributed by atoms with E-state index in [1.54, 1.807) is 4.90 Å². The third-order valence-electron chi connectivity index (χ3n) is 6.51. The molecule has 0 unspecified atom stereocenters. The van der Waals surface area contributed by atoms with Crippen LogP contribution in [0, 0.1) is 11.6 Å². The van der Waals surface area contributed by atoms with Gasteiger partial charge in [-0.3, -0.25) is 4.90 Å². The van der Waals surface area contributed by atoms with Gasteiger partial charge in [0.1, 0.15) is 11.6 Å². The van der Waals surface area contributed by atoms with Gasteiger partial charge in [0.05, 0.1) is 12.3 Å². The summed E-state index contributed by atoms with van der Waals surface area (Å²) in [7, 11) is 0. The molecule has 3 atom stereocenters. The lowest BCUT2D eigenvalue weighted by molar-refractivity contribution is -0.0585. The van der Waals surface area contributed by atoms with E-state index >= 15 is 0 Å². The predicted octanol–water partition coefficient (Wildman–Crippen LogP) is 4.45. The lowest BCUT2D eigenvalue weighted by Gasteiger charge is -2.57. The quantitative estimate of drug-likeness (QED) is 0.737. The maximum Gasteiger partial charge on any atom is 0.321 e. The van der Waals surface area contributed by atoms with Gasteiger partial charge in [-0.2, -0.15) is 0 Å². The molecule has 170 valence electrons. The second-order valence-corrected chi connectivity index (χ2v) is 8.45. The number of anilines is 1. The lowest BCUT2D eigenvalue weighted by atomic mass is 9.74. The third kappa shape index (κ3) is 4.54. The minimum atomic E-state index is -0.670. The zero-order valence-corrected chi connectivity index (χ0v) is 18.2. The molecule has 2 aromatic carbocycles. The van der Waals surface area contributed by atoms with Crippen LogP contribution in [0.25, 0.3) is 6.08 Å². The first-order valence-corrected chi connectivity index (χ1v) is 11.1. The number of nitrogens with zero attached hydrogens (tertiary/aromatic N) is 2. The van der Waals surface area contributed by atoms with E-state index in [0.717, 1.165) is 48.7 Å². The zero-order chi connectivity index (χ0) is 22.7. The Morgan fingerprint density at radius 3 is 2.62 bits per heavy atom. The fourth-order valence-corrected chi connectivity index (χ4v) is 4.93. The average molecular weight is 442 g/mol. The second kappa shape index (κ2) is 9.79. The Hall–Kier alpha value is -2.77. The molecule has 0 aromatic heterocycles. The molecule has 7 heteroatoms. The second-order valence-electron chi connectivity index (χ2n) is 8.45. The maximum absolute atomic E-state index is 14.0. The SMILES string of the molecule is C/C=C/c1ccc([C@H]2[C@@H](CO)N3CCCCN(C(=O)Nc4cc(F)ccc4F)C[C@H]23)cc1. The molecule has 2 N–H and O–H groups in total. The predicted molar refractivity (Wildman–Crippen MR) is 121 cm³/mol. The molecule has 4 rings (SSSR count). The van der Waals surface area contributed by atoms with Crippen LogP contribution in [0.15, 0.2) is 48.5 Å². The number of allylic oxidation sites excluding steroid dienone is 1. The van der Waals surface area contributed by atoms with Crippen molar-refractivity contribution < 1.29 is 18.7 Å². The van der Waals surface area contributed by atoms with Crippen LogP contribution in [0.4, 0.5) is 19.3 Å². The number of hydrogen-bond donors (Lipinski definition) is 2. The zero-order valence-electron chi connectivity index (χ0n) is 18.2. The smallest absolute Gasteiger partial charge is 0.321 e. The monoisotopic (exact) mass is 441 g/mol. The fraction of sp³-hybridized carbons (Fsp3) is 0.400. The van der Waals surface area contributed by atoms with Crippen LogP contribution < -0.4 is 5.32 Å². The minimum absolute atomic E-state index is 0.0104. The number of aliphatic hydroxyl groups excluding tert-OH is 1. The molecule has 32 heavy (non-hydrogen) atoms. The molecule has 2 aliphatic rings. The molecule has 0 bridgehead atoms. The van der Waals surface area contributed by atoms with Gasteiger partial charge < -0.3 is 15.3 Å². The minimum Gasteiger partial charge on any atom is -0.395 e. The number of urea groups is 1. The first kappa shape index (κ1) is 22.4. The van der Waals surface area contributed by atoms with E-state index in [0.29, 0.717) is 13.1 Å². The molecule has 2 fully saturated rings.